The van der Waals surface area contributed by atoms with Gasteiger partial charge in [0.1, 0.15) is 0 Å². The molecule has 0 aliphatic heterocycles. The molecule has 3 aromatic carbocycles. The van der Waals surface area contributed by atoms with Gasteiger partial charge in [0.25, 0.3) is 0 Å². The van der Waals surface area contributed by atoms with Crippen LogP contribution in [0.5, 0.6) is 0 Å². The van der Waals surface area contributed by atoms with Crippen molar-refractivity contribution in [2.75, 3.05) is 0 Å². The zero-order valence-electron chi connectivity index (χ0n) is 13.9. The number of carbonyl (C=O) groups is 2. The van der Waals surface area contributed by atoms with Crippen LogP contribution in [-0.4, -0.2) is 22.2 Å². The molecule has 5 heteroatoms. The lowest BCUT2D eigenvalue weighted by Gasteiger charge is -2.15. The van der Waals surface area contributed by atoms with Crippen molar-refractivity contribution in [3.63, 3.8) is 0 Å². The van der Waals surface area contributed by atoms with Crippen LogP contribution in [0.15, 0.2) is 60.7 Å². The Morgan fingerprint density at radius 1 is 0.769 bits per heavy atom. The van der Waals surface area contributed by atoms with E-state index in [1.165, 1.54) is 13.0 Å². The van der Waals surface area contributed by atoms with Crippen LogP contribution in [0.3, 0.4) is 0 Å². The number of carboxylic acids is 2. The molecular weight excluding hydrogens is 352 g/mol. The summed E-state index contributed by atoms with van der Waals surface area (Å²) in [4.78, 5) is 23.2. The lowest BCUT2D eigenvalue weighted by atomic mass is 9.88. The second kappa shape index (κ2) is 7.02. The van der Waals surface area contributed by atoms with Crippen molar-refractivity contribution >= 4 is 23.5 Å². The standard InChI is InChI=1S/C21H15ClO4/c1-12-15(20(23)24)10-11-18(19(12)21(25)26)17-5-3-2-4-16(17)13-6-8-14(22)9-7-13/h2-11H,1H3,(H,23,24)(H,25,26). The molecule has 0 unspecified atom stereocenters. The number of aromatic carboxylic acids is 2. The summed E-state index contributed by atoms with van der Waals surface area (Å²) in [5, 5.41) is 19.6. The molecular formula is C21H15ClO4. The molecule has 0 saturated heterocycles. The molecule has 0 heterocycles. The van der Waals surface area contributed by atoms with Gasteiger partial charge in [-0.15, -0.1) is 0 Å². The van der Waals surface area contributed by atoms with E-state index in [1.54, 1.807) is 18.2 Å². The molecule has 3 rings (SSSR count). The molecule has 0 atom stereocenters. The van der Waals surface area contributed by atoms with E-state index < -0.39 is 11.9 Å². The fraction of sp³-hybridized carbons (Fsp3) is 0.0476. The number of hydrogen-bond donors (Lipinski definition) is 2. The summed E-state index contributed by atoms with van der Waals surface area (Å²) in [5.41, 5.74) is 3.13. The van der Waals surface area contributed by atoms with Gasteiger partial charge in [-0.05, 0) is 52.9 Å². The summed E-state index contributed by atoms with van der Waals surface area (Å²) in [6.45, 7) is 1.52. The normalized spacial score (nSPS) is 10.5. The van der Waals surface area contributed by atoms with Crippen molar-refractivity contribution < 1.29 is 19.8 Å². The molecule has 0 aromatic heterocycles. The molecule has 3 aromatic rings. The zero-order valence-corrected chi connectivity index (χ0v) is 14.6. The van der Waals surface area contributed by atoms with E-state index in [4.69, 9.17) is 11.6 Å². The van der Waals surface area contributed by atoms with Crippen molar-refractivity contribution in [3.05, 3.63) is 82.4 Å². The quantitative estimate of drug-likeness (QED) is 0.650. The van der Waals surface area contributed by atoms with E-state index in [0.29, 0.717) is 16.1 Å². The maximum atomic E-state index is 11.9. The average molecular weight is 367 g/mol. The summed E-state index contributed by atoms with van der Waals surface area (Å²) < 4.78 is 0. The number of carboxylic acid groups (broad SMARTS) is 2. The smallest absolute Gasteiger partial charge is 0.336 e. The van der Waals surface area contributed by atoms with Crippen molar-refractivity contribution in [1.29, 1.82) is 0 Å². The predicted octanol–water partition coefficient (Wildman–Crippen LogP) is 5.38. The molecule has 0 radical (unpaired) electrons. The molecule has 130 valence electrons. The number of rotatable bonds is 4. The van der Waals surface area contributed by atoms with Crippen LogP contribution < -0.4 is 0 Å². The summed E-state index contributed by atoms with van der Waals surface area (Å²) in [6, 6.07) is 17.7. The molecule has 0 saturated carbocycles. The Hall–Kier alpha value is -3.11. The van der Waals surface area contributed by atoms with Gasteiger partial charge in [0, 0.05) is 5.02 Å². The average Bonchev–Trinajstić information content (AvgIpc) is 2.61. The molecule has 2 N–H and O–H groups in total. The Bertz CT molecular complexity index is 1010. The predicted molar refractivity (Wildman–Crippen MR) is 101 cm³/mol. The highest BCUT2D eigenvalue weighted by molar-refractivity contribution is 6.30. The molecule has 4 nitrogen and oxygen atoms in total. The third kappa shape index (κ3) is 3.19. The first kappa shape index (κ1) is 17.7. The largest absolute Gasteiger partial charge is 0.478 e. The first-order valence-electron chi connectivity index (χ1n) is 7.85. The van der Waals surface area contributed by atoms with E-state index in [0.717, 1.165) is 11.1 Å². The number of halogens is 1. The third-order valence-electron chi connectivity index (χ3n) is 4.28. The SMILES string of the molecule is Cc1c(C(=O)O)ccc(-c2ccccc2-c2ccc(Cl)cc2)c1C(=O)O. The molecule has 0 amide bonds. The molecule has 0 fully saturated rings. The van der Waals surface area contributed by atoms with Gasteiger partial charge in [0.2, 0.25) is 0 Å². The van der Waals surface area contributed by atoms with Gasteiger partial charge in [0.15, 0.2) is 0 Å². The molecule has 0 bridgehead atoms. The topological polar surface area (TPSA) is 74.6 Å². The van der Waals surface area contributed by atoms with Gasteiger partial charge in [0.05, 0.1) is 11.1 Å². The van der Waals surface area contributed by atoms with Crippen LogP contribution in [0.25, 0.3) is 22.3 Å². The first-order chi connectivity index (χ1) is 12.4. The van der Waals surface area contributed by atoms with E-state index in [9.17, 15) is 19.8 Å². The molecule has 0 spiro atoms. The van der Waals surface area contributed by atoms with Gasteiger partial charge in [-0.3, -0.25) is 0 Å². The van der Waals surface area contributed by atoms with Gasteiger partial charge >= 0.3 is 11.9 Å². The first-order valence-corrected chi connectivity index (χ1v) is 8.23. The highest BCUT2D eigenvalue weighted by Crippen LogP contribution is 2.36. The highest BCUT2D eigenvalue weighted by Gasteiger charge is 2.21. The molecule has 0 aliphatic carbocycles. The van der Waals surface area contributed by atoms with E-state index >= 15 is 0 Å². The Morgan fingerprint density at radius 3 is 1.96 bits per heavy atom. The number of hydrogen-bond acceptors (Lipinski definition) is 2. The molecule has 26 heavy (non-hydrogen) atoms. The van der Waals surface area contributed by atoms with Crippen LogP contribution in [0, 0.1) is 6.92 Å². The van der Waals surface area contributed by atoms with E-state index in [-0.39, 0.29) is 16.7 Å². The second-order valence-electron chi connectivity index (χ2n) is 5.82. The fourth-order valence-electron chi connectivity index (χ4n) is 3.04. The summed E-state index contributed by atoms with van der Waals surface area (Å²) in [6.07, 6.45) is 0. The minimum absolute atomic E-state index is 0.00804. The minimum Gasteiger partial charge on any atom is -0.478 e. The van der Waals surface area contributed by atoms with Crippen LogP contribution in [0.2, 0.25) is 5.02 Å². The Kier molecular flexibility index (Phi) is 4.78. The Labute approximate surface area is 155 Å². The fourth-order valence-corrected chi connectivity index (χ4v) is 3.17. The second-order valence-corrected chi connectivity index (χ2v) is 6.26. The van der Waals surface area contributed by atoms with Crippen molar-refractivity contribution in [2.45, 2.75) is 6.92 Å². The van der Waals surface area contributed by atoms with Gasteiger partial charge < -0.3 is 10.2 Å². The van der Waals surface area contributed by atoms with Crippen LogP contribution >= 0.6 is 11.6 Å². The van der Waals surface area contributed by atoms with E-state index in [2.05, 4.69) is 0 Å². The third-order valence-corrected chi connectivity index (χ3v) is 4.53. The maximum Gasteiger partial charge on any atom is 0.336 e. The number of benzene rings is 3. The highest BCUT2D eigenvalue weighted by atomic mass is 35.5. The monoisotopic (exact) mass is 366 g/mol. The van der Waals surface area contributed by atoms with Gasteiger partial charge in [-0.1, -0.05) is 54.1 Å². The summed E-state index contributed by atoms with van der Waals surface area (Å²) >= 11 is 5.96. The lowest BCUT2D eigenvalue weighted by molar-refractivity contribution is 0.0696. The minimum atomic E-state index is -1.16. The van der Waals surface area contributed by atoms with Gasteiger partial charge in [-0.2, -0.15) is 0 Å². The van der Waals surface area contributed by atoms with Crippen LogP contribution in [0.4, 0.5) is 0 Å². The van der Waals surface area contributed by atoms with Crippen LogP contribution in [-0.2, 0) is 0 Å². The van der Waals surface area contributed by atoms with Crippen molar-refractivity contribution in [3.8, 4) is 22.3 Å². The van der Waals surface area contributed by atoms with Gasteiger partial charge in [-0.25, -0.2) is 9.59 Å². The maximum absolute atomic E-state index is 11.9. The van der Waals surface area contributed by atoms with Crippen molar-refractivity contribution in [2.24, 2.45) is 0 Å². The zero-order chi connectivity index (χ0) is 18.8. The summed E-state index contributed by atoms with van der Waals surface area (Å²) in [5.74, 6) is -2.31. The lowest BCUT2D eigenvalue weighted by Crippen LogP contribution is -2.09. The Morgan fingerprint density at radius 2 is 1.38 bits per heavy atom. The summed E-state index contributed by atoms with van der Waals surface area (Å²) in [7, 11) is 0. The van der Waals surface area contributed by atoms with E-state index in [1.807, 2.05) is 36.4 Å². The Balaban J connectivity index is 2.28. The van der Waals surface area contributed by atoms with Crippen LogP contribution in [0.1, 0.15) is 26.3 Å². The van der Waals surface area contributed by atoms with Crippen molar-refractivity contribution in [1.82, 2.24) is 0 Å². The molecule has 0 aliphatic rings.